The standard InChI is InChI=1S/C16H22BrN3S/c1-3-14-16(17)15(20(4-2)19-14)10-12(18)11-21-13-8-6-5-7-9-13/h5-9,12H,3-4,10-11,18H2,1-2H3. The van der Waals surface area contributed by atoms with Gasteiger partial charge in [-0.15, -0.1) is 11.8 Å². The molecular weight excluding hydrogens is 346 g/mol. The molecule has 0 aliphatic heterocycles. The molecule has 0 aliphatic carbocycles. The fraction of sp³-hybridized carbons (Fsp3) is 0.438. The fourth-order valence-electron chi connectivity index (χ4n) is 2.24. The van der Waals surface area contributed by atoms with E-state index in [2.05, 4.69) is 63.8 Å². The molecule has 114 valence electrons. The molecule has 0 spiro atoms. The van der Waals surface area contributed by atoms with Crippen molar-refractivity contribution >= 4 is 27.7 Å². The number of nitrogens with two attached hydrogens (primary N) is 1. The molecule has 0 aliphatic rings. The van der Waals surface area contributed by atoms with Crippen molar-refractivity contribution in [2.75, 3.05) is 5.75 Å². The van der Waals surface area contributed by atoms with Gasteiger partial charge in [0, 0.05) is 29.7 Å². The fourth-order valence-corrected chi connectivity index (χ4v) is 3.84. The SMILES string of the molecule is CCc1nn(CC)c(CC(N)CSc2ccccc2)c1Br. The van der Waals surface area contributed by atoms with E-state index in [1.165, 1.54) is 10.6 Å². The lowest BCUT2D eigenvalue weighted by molar-refractivity contribution is 0.591. The lowest BCUT2D eigenvalue weighted by Gasteiger charge is -2.13. The molecule has 2 N–H and O–H groups in total. The van der Waals surface area contributed by atoms with E-state index >= 15 is 0 Å². The summed E-state index contributed by atoms with van der Waals surface area (Å²) in [7, 11) is 0. The molecule has 2 aromatic rings. The molecule has 0 saturated carbocycles. The van der Waals surface area contributed by atoms with Crippen LogP contribution in [0.3, 0.4) is 0 Å². The van der Waals surface area contributed by atoms with Crippen LogP contribution in [0.1, 0.15) is 25.2 Å². The molecule has 1 atom stereocenters. The second-order valence-electron chi connectivity index (χ2n) is 4.96. The van der Waals surface area contributed by atoms with Crippen LogP contribution in [0.25, 0.3) is 0 Å². The van der Waals surface area contributed by atoms with Crippen LogP contribution >= 0.6 is 27.7 Å². The molecule has 1 unspecified atom stereocenters. The van der Waals surface area contributed by atoms with Crippen LogP contribution in [-0.2, 0) is 19.4 Å². The van der Waals surface area contributed by atoms with Crippen molar-refractivity contribution in [2.24, 2.45) is 5.73 Å². The number of halogens is 1. The smallest absolute Gasteiger partial charge is 0.0766 e. The van der Waals surface area contributed by atoms with E-state index in [1.807, 2.05) is 17.8 Å². The van der Waals surface area contributed by atoms with Crippen molar-refractivity contribution in [2.45, 2.75) is 44.2 Å². The molecule has 0 radical (unpaired) electrons. The minimum Gasteiger partial charge on any atom is -0.327 e. The molecule has 5 heteroatoms. The van der Waals surface area contributed by atoms with Crippen LogP contribution in [0.5, 0.6) is 0 Å². The van der Waals surface area contributed by atoms with E-state index in [4.69, 9.17) is 5.73 Å². The van der Waals surface area contributed by atoms with E-state index in [0.717, 1.165) is 35.3 Å². The van der Waals surface area contributed by atoms with Crippen LogP contribution in [0.2, 0.25) is 0 Å². The Bertz CT molecular complexity index is 568. The van der Waals surface area contributed by atoms with Gasteiger partial charge in [-0.2, -0.15) is 5.10 Å². The number of hydrogen-bond donors (Lipinski definition) is 1. The maximum absolute atomic E-state index is 6.31. The van der Waals surface area contributed by atoms with Gasteiger partial charge in [0.15, 0.2) is 0 Å². The molecule has 0 amide bonds. The number of benzene rings is 1. The third-order valence-electron chi connectivity index (χ3n) is 3.36. The maximum atomic E-state index is 6.31. The van der Waals surface area contributed by atoms with Crippen LogP contribution < -0.4 is 5.73 Å². The van der Waals surface area contributed by atoms with Crippen LogP contribution in [0.4, 0.5) is 0 Å². The van der Waals surface area contributed by atoms with E-state index in [0.29, 0.717) is 0 Å². The zero-order valence-electron chi connectivity index (χ0n) is 12.6. The predicted octanol–water partition coefficient (Wildman–Crippen LogP) is 3.89. The summed E-state index contributed by atoms with van der Waals surface area (Å²) in [6, 6.07) is 10.5. The largest absolute Gasteiger partial charge is 0.327 e. The van der Waals surface area contributed by atoms with Crippen LogP contribution in [-0.4, -0.2) is 21.6 Å². The summed E-state index contributed by atoms with van der Waals surface area (Å²) in [4.78, 5) is 1.27. The van der Waals surface area contributed by atoms with E-state index in [-0.39, 0.29) is 6.04 Å². The second-order valence-corrected chi connectivity index (χ2v) is 6.85. The first-order chi connectivity index (χ1) is 10.2. The number of thioether (sulfide) groups is 1. The third kappa shape index (κ3) is 4.34. The van der Waals surface area contributed by atoms with Crippen molar-refractivity contribution in [3.63, 3.8) is 0 Å². The minimum atomic E-state index is 0.123. The highest BCUT2D eigenvalue weighted by molar-refractivity contribution is 9.10. The van der Waals surface area contributed by atoms with Gasteiger partial charge in [-0.1, -0.05) is 25.1 Å². The summed E-state index contributed by atoms with van der Waals surface area (Å²) in [5, 5.41) is 4.63. The minimum absolute atomic E-state index is 0.123. The molecule has 1 heterocycles. The molecule has 21 heavy (non-hydrogen) atoms. The average Bonchev–Trinajstić information content (AvgIpc) is 2.82. The van der Waals surface area contributed by atoms with Gasteiger partial charge >= 0.3 is 0 Å². The summed E-state index contributed by atoms with van der Waals surface area (Å²) in [6.07, 6.45) is 1.79. The highest BCUT2D eigenvalue weighted by Crippen LogP contribution is 2.25. The Hall–Kier alpha value is -0.780. The molecule has 1 aromatic carbocycles. The zero-order chi connectivity index (χ0) is 15.2. The molecule has 0 saturated heterocycles. The normalized spacial score (nSPS) is 12.6. The third-order valence-corrected chi connectivity index (χ3v) is 5.47. The number of hydrogen-bond acceptors (Lipinski definition) is 3. The van der Waals surface area contributed by atoms with Crippen molar-refractivity contribution in [1.82, 2.24) is 9.78 Å². The molecule has 0 bridgehead atoms. The average molecular weight is 368 g/mol. The summed E-state index contributed by atoms with van der Waals surface area (Å²) in [5.41, 5.74) is 8.65. The zero-order valence-corrected chi connectivity index (χ0v) is 15.0. The van der Waals surface area contributed by atoms with Gasteiger partial charge in [0.25, 0.3) is 0 Å². The van der Waals surface area contributed by atoms with Gasteiger partial charge in [-0.25, -0.2) is 0 Å². The van der Waals surface area contributed by atoms with Gasteiger partial charge in [0.1, 0.15) is 0 Å². The Labute approximate surface area is 139 Å². The van der Waals surface area contributed by atoms with Gasteiger partial charge in [-0.05, 0) is 41.4 Å². The quantitative estimate of drug-likeness (QED) is 0.754. The maximum Gasteiger partial charge on any atom is 0.0766 e. The van der Waals surface area contributed by atoms with Gasteiger partial charge in [0.2, 0.25) is 0 Å². The molecular formula is C16H22BrN3S. The second kappa shape index (κ2) is 8.01. The summed E-state index contributed by atoms with van der Waals surface area (Å²) < 4.78 is 3.20. The lowest BCUT2D eigenvalue weighted by atomic mass is 10.2. The van der Waals surface area contributed by atoms with E-state index in [1.54, 1.807) is 0 Å². The summed E-state index contributed by atoms with van der Waals surface area (Å²) in [5.74, 6) is 0.910. The number of aromatic nitrogens is 2. The first-order valence-corrected chi connectivity index (χ1v) is 9.11. The Morgan fingerprint density at radius 1 is 1.29 bits per heavy atom. The number of rotatable bonds is 7. The Kier molecular flexibility index (Phi) is 6.33. The van der Waals surface area contributed by atoms with Crippen molar-refractivity contribution in [3.8, 4) is 0 Å². The number of nitrogens with zero attached hydrogens (tertiary/aromatic N) is 2. The Balaban J connectivity index is 1.99. The first kappa shape index (κ1) is 16.6. The Morgan fingerprint density at radius 2 is 2.00 bits per heavy atom. The first-order valence-electron chi connectivity index (χ1n) is 7.33. The van der Waals surface area contributed by atoms with Crippen LogP contribution in [0, 0.1) is 0 Å². The monoisotopic (exact) mass is 367 g/mol. The van der Waals surface area contributed by atoms with E-state index in [9.17, 15) is 0 Å². The van der Waals surface area contributed by atoms with Gasteiger partial charge in [0.05, 0.1) is 15.9 Å². The topological polar surface area (TPSA) is 43.8 Å². The van der Waals surface area contributed by atoms with Crippen LogP contribution in [0.15, 0.2) is 39.7 Å². The highest BCUT2D eigenvalue weighted by Gasteiger charge is 2.16. The van der Waals surface area contributed by atoms with Gasteiger partial charge < -0.3 is 5.73 Å². The highest BCUT2D eigenvalue weighted by atomic mass is 79.9. The van der Waals surface area contributed by atoms with Gasteiger partial charge in [-0.3, -0.25) is 4.68 Å². The lowest BCUT2D eigenvalue weighted by Crippen LogP contribution is -2.27. The van der Waals surface area contributed by atoms with Crippen molar-refractivity contribution in [1.29, 1.82) is 0 Å². The summed E-state index contributed by atoms with van der Waals surface area (Å²) >= 11 is 5.49. The molecule has 2 rings (SSSR count). The summed E-state index contributed by atoms with van der Waals surface area (Å²) in [6.45, 7) is 5.13. The number of aryl methyl sites for hydroxylation is 2. The van der Waals surface area contributed by atoms with Crippen molar-refractivity contribution < 1.29 is 0 Å². The molecule has 0 fully saturated rings. The molecule has 1 aromatic heterocycles. The van der Waals surface area contributed by atoms with Crippen molar-refractivity contribution in [3.05, 3.63) is 46.2 Å². The Morgan fingerprint density at radius 3 is 2.62 bits per heavy atom. The molecule has 3 nitrogen and oxygen atoms in total. The predicted molar refractivity (Wildman–Crippen MR) is 93.8 cm³/mol. The van der Waals surface area contributed by atoms with E-state index < -0.39 is 0 Å².